The molecule has 12 atom stereocenters. The van der Waals surface area contributed by atoms with E-state index >= 15 is 0 Å². The van der Waals surface area contributed by atoms with Crippen molar-refractivity contribution in [3.8, 4) is 0 Å². The largest absolute Gasteiger partial charge is 0.458 e. The number of amides is 1. The summed E-state index contributed by atoms with van der Waals surface area (Å²) < 4.78 is 11.8. The Kier molecular flexibility index (Phi) is 6.81. The molecule has 9 nitrogen and oxygen atoms in total. The van der Waals surface area contributed by atoms with Gasteiger partial charge in [-0.1, -0.05) is 56.3 Å². The molecular formula is C30H39NO8. The number of benzene rings is 1. The lowest BCUT2D eigenvalue weighted by Crippen LogP contribution is -2.69. The van der Waals surface area contributed by atoms with Gasteiger partial charge in [-0.15, -0.1) is 0 Å². The number of ether oxygens (including phenoxy) is 2. The number of Topliss-reactive ketones (excluding diaryl/α,β-unsaturated/α-hetero) is 1. The van der Waals surface area contributed by atoms with Crippen LogP contribution in [0.15, 0.2) is 42.5 Å². The summed E-state index contributed by atoms with van der Waals surface area (Å²) in [5, 5.41) is 37.8. The number of hydrogen-bond donors (Lipinski definition) is 4. The van der Waals surface area contributed by atoms with E-state index in [-0.39, 0.29) is 6.42 Å². The molecule has 0 bridgehead atoms. The van der Waals surface area contributed by atoms with E-state index in [1.54, 1.807) is 32.9 Å². The van der Waals surface area contributed by atoms with Crippen molar-refractivity contribution in [1.82, 2.24) is 5.32 Å². The fourth-order valence-electron chi connectivity index (χ4n) is 7.68. The Hall–Kier alpha value is -2.59. The van der Waals surface area contributed by atoms with Crippen LogP contribution in [0.1, 0.15) is 46.6 Å². The van der Waals surface area contributed by atoms with E-state index in [0.29, 0.717) is 6.42 Å². The van der Waals surface area contributed by atoms with Gasteiger partial charge in [-0.3, -0.25) is 14.4 Å². The second-order valence-corrected chi connectivity index (χ2v) is 12.3. The number of nitrogens with one attached hydrogen (secondary N) is 1. The summed E-state index contributed by atoms with van der Waals surface area (Å²) in [6.07, 6.45) is -0.452. The van der Waals surface area contributed by atoms with E-state index in [1.807, 2.05) is 30.3 Å². The van der Waals surface area contributed by atoms with Crippen molar-refractivity contribution >= 4 is 17.7 Å². The third kappa shape index (κ3) is 4.17. The molecule has 2 heterocycles. The molecule has 2 aliphatic heterocycles. The number of carbonyl (C=O) groups is 3. The van der Waals surface area contributed by atoms with Gasteiger partial charge < -0.3 is 30.1 Å². The molecule has 0 aromatic heterocycles. The summed E-state index contributed by atoms with van der Waals surface area (Å²) >= 11 is 0. The summed E-state index contributed by atoms with van der Waals surface area (Å²) in [5.74, 6) is -4.21. The Labute approximate surface area is 228 Å². The predicted molar refractivity (Wildman–Crippen MR) is 140 cm³/mol. The molecule has 5 rings (SSSR count). The Bertz CT molecular complexity index is 1180. The van der Waals surface area contributed by atoms with Crippen LogP contribution in [0.3, 0.4) is 0 Å². The lowest BCUT2D eigenvalue weighted by atomic mass is 9.48. The quantitative estimate of drug-likeness (QED) is 0.255. The summed E-state index contributed by atoms with van der Waals surface area (Å²) in [4.78, 5) is 40.1. The molecule has 4 N–H and O–H groups in total. The van der Waals surface area contributed by atoms with Gasteiger partial charge in [-0.2, -0.15) is 0 Å². The van der Waals surface area contributed by atoms with E-state index in [1.165, 1.54) is 13.8 Å². The highest BCUT2D eigenvalue weighted by Crippen LogP contribution is 2.62. The maximum Gasteiger partial charge on any atom is 0.303 e. The SMILES string of the molecule is CC(=O)O[C@@H]1[C@@H]2O[C@@H]2[C@@](C)(O)C(=O)[C@@H](C)C/C=C/[C@H]2[C@H](O)[C@@](C)(O)[C@@H](C)[C@H]3[C@H](Cc4ccccc4)NC(=O)[C@@]312. The van der Waals surface area contributed by atoms with Gasteiger partial charge in [-0.05, 0) is 38.2 Å². The lowest BCUT2D eigenvalue weighted by molar-refractivity contribution is -0.224. The van der Waals surface area contributed by atoms with Crippen LogP contribution in [0.2, 0.25) is 0 Å². The van der Waals surface area contributed by atoms with Crippen LogP contribution >= 0.6 is 0 Å². The minimum Gasteiger partial charge on any atom is -0.458 e. The third-order valence-corrected chi connectivity index (χ3v) is 9.87. The molecule has 0 radical (unpaired) electrons. The van der Waals surface area contributed by atoms with Crippen LogP contribution in [-0.2, 0) is 30.3 Å². The molecule has 1 saturated carbocycles. The zero-order valence-electron chi connectivity index (χ0n) is 23.0. The minimum absolute atomic E-state index is 0.251. The van der Waals surface area contributed by atoms with Gasteiger partial charge in [0.05, 0.1) is 11.7 Å². The number of ketones is 1. The molecule has 2 saturated heterocycles. The zero-order valence-corrected chi connectivity index (χ0v) is 23.0. The number of epoxide rings is 1. The highest BCUT2D eigenvalue weighted by atomic mass is 16.6. The van der Waals surface area contributed by atoms with E-state index in [2.05, 4.69) is 5.32 Å². The first kappa shape index (κ1) is 28.0. The van der Waals surface area contributed by atoms with Gasteiger partial charge in [0.15, 0.2) is 5.78 Å². The van der Waals surface area contributed by atoms with Crippen LogP contribution < -0.4 is 5.32 Å². The number of fused-ring (bicyclic) bond motifs is 1. The van der Waals surface area contributed by atoms with Gasteiger partial charge in [0.1, 0.15) is 29.3 Å². The van der Waals surface area contributed by atoms with Crippen molar-refractivity contribution < 1.29 is 39.2 Å². The summed E-state index contributed by atoms with van der Waals surface area (Å²) in [5.41, 5.74) is -4.00. The molecule has 9 heteroatoms. The van der Waals surface area contributed by atoms with Crippen molar-refractivity contribution in [1.29, 1.82) is 0 Å². The number of esters is 1. The van der Waals surface area contributed by atoms with Crippen molar-refractivity contribution in [2.45, 2.75) is 89.1 Å². The Morgan fingerprint density at radius 3 is 2.46 bits per heavy atom. The first-order valence-corrected chi connectivity index (χ1v) is 13.8. The Morgan fingerprint density at radius 1 is 1.15 bits per heavy atom. The number of aliphatic hydroxyl groups excluding tert-OH is 1. The molecule has 1 aromatic rings. The first-order valence-electron chi connectivity index (χ1n) is 13.8. The van der Waals surface area contributed by atoms with Crippen LogP contribution in [0.5, 0.6) is 0 Å². The van der Waals surface area contributed by atoms with E-state index < -0.39 is 88.4 Å². The number of hydrogen-bond acceptors (Lipinski definition) is 8. The van der Waals surface area contributed by atoms with Crippen LogP contribution in [0.4, 0.5) is 0 Å². The van der Waals surface area contributed by atoms with Gasteiger partial charge in [0.2, 0.25) is 5.91 Å². The van der Waals surface area contributed by atoms with E-state index in [9.17, 15) is 29.7 Å². The Morgan fingerprint density at radius 2 is 1.82 bits per heavy atom. The standard InChI is InChI=1S/C30H39NO8/c1-15-10-9-13-19-24(34)28(4,36)16(2)21-20(14-18-11-7-6-8-12-18)31-27(35)30(19,21)26(38-17(3)32)22-25(39-22)29(5,37)23(15)33/h6-9,11-13,15-16,19-22,24-26,34,36-37H,10,14H2,1-5H3,(H,31,35)/b13-9+/t15-,16-,19-,20-,21-,22+,24-,25-,26+,28-,29-,30-/m0/s1. The van der Waals surface area contributed by atoms with Gasteiger partial charge >= 0.3 is 5.97 Å². The van der Waals surface area contributed by atoms with Gasteiger partial charge in [0, 0.05) is 30.7 Å². The van der Waals surface area contributed by atoms with E-state index in [4.69, 9.17) is 9.47 Å². The molecular weight excluding hydrogens is 502 g/mol. The average molecular weight is 542 g/mol. The second kappa shape index (κ2) is 9.51. The molecule has 4 aliphatic rings. The minimum atomic E-state index is -1.87. The van der Waals surface area contributed by atoms with Crippen LogP contribution in [0.25, 0.3) is 0 Å². The molecule has 3 fully saturated rings. The fraction of sp³-hybridized carbons (Fsp3) is 0.633. The highest BCUT2D eigenvalue weighted by molar-refractivity contribution is 5.91. The van der Waals surface area contributed by atoms with Crippen molar-refractivity contribution in [3.63, 3.8) is 0 Å². The van der Waals surface area contributed by atoms with E-state index in [0.717, 1.165) is 5.56 Å². The predicted octanol–water partition coefficient (Wildman–Crippen LogP) is 1.32. The monoisotopic (exact) mass is 541 g/mol. The first-order chi connectivity index (χ1) is 18.2. The lowest BCUT2D eigenvalue weighted by Gasteiger charge is -2.57. The number of allylic oxidation sites excluding steroid dienone is 1. The molecule has 39 heavy (non-hydrogen) atoms. The number of aliphatic hydroxyl groups is 3. The molecule has 1 aromatic carbocycles. The molecule has 212 valence electrons. The molecule has 1 spiro atoms. The highest BCUT2D eigenvalue weighted by Gasteiger charge is 2.76. The van der Waals surface area contributed by atoms with Crippen molar-refractivity contribution in [2.24, 2.45) is 29.1 Å². The maximum atomic E-state index is 14.3. The number of rotatable bonds is 3. The molecule has 0 unspecified atom stereocenters. The van der Waals surface area contributed by atoms with Gasteiger partial charge in [0.25, 0.3) is 0 Å². The Balaban J connectivity index is 1.72. The van der Waals surface area contributed by atoms with Crippen LogP contribution in [-0.4, -0.2) is 74.6 Å². The second-order valence-electron chi connectivity index (χ2n) is 12.3. The molecule has 1 amide bonds. The summed E-state index contributed by atoms with van der Waals surface area (Å²) in [7, 11) is 0. The normalized spacial score (nSPS) is 48.1. The summed E-state index contributed by atoms with van der Waals surface area (Å²) in [6.45, 7) is 7.70. The maximum absolute atomic E-state index is 14.3. The number of carbonyl (C=O) groups excluding carboxylic acids is 3. The van der Waals surface area contributed by atoms with Crippen LogP contribution in [0, 0.1) is 29.1 Å². The van der Waals surface area contributed by atoms with Crippen molar-refractivity contribution in [2.75, 3.05) is 0 Å². The smallest absolute Gasteiger partial charge is 0.303 e. The third-order valence-electron chi connectivity index (χ3n) is 9.87. The fourth-order valence-corrected chi connectivity index (χ4v) is 7.68. The molecule has 2 aliphatic carbocycles. The average Bonchev–Trinajstić information content (AvgIpc) is 3.63. The zero-order chi connectivity index (χ0) is 28.5. The topological polar surface area (TPSA) is 146 Å². The summed E-state index contributed by atoms with van der Waals surface area (Å²) in [6, 6.07) is 9.19. The van der Waals surface area contributed by atoms with Gasteiger partial charge in [-0.25, -0.2) is 0 Å². The van der Waals surface area contributed by atoms with Crippen molar-refractivity contribution in [3.05, 3.63) is 48.0 Å².